The van der Waals surface area contributed by atoms with Gasteiger partial charge in [0, 0.05) is 18.0 Å². The Morgan fingerprint density at radius 2 is 1.08 bits per heavy atom. The molecule has 5 N–H and O–H groups in total. The number of aliphatic hydroxyl groups excluding tert-OH is 1. The van der Waals surface area contributed by atoms with Crippen LogP contribution < -0.4 is 0 Å². The van der Waals surface area contributed by atoms with Crippen LogP contribution in [0.2, 0.25) is 0 Å². The van der Waals surface area contributed by atoms with Gasteiger partial charge < -0.3 is 25.5 Å². The maximum atomic E-state index is 12.1. The fourth-order valence-corrected chi connectivity index (χ4v) is 2.98. The summed E-state index contributed by atoms with van der Waals surface area (Å²) < 4.78 is 0. The van der Waals surface area contributed by atoms with Crippen molar-refractivity contribution in [3.63, 3.8) is 0 Å². The molecule has 0 saturated heterocycles. The summed E-state index contributed by atoms with van der Waals surface area (Å²) in [7, 11) is 0. The molecule has 0 aliphatic carbocycles. The van der Waals surface area contributed by atoms with Crippen molar-refractivity contribution in [2.45, 2.75) is 50.1 Å². The fourth-order valence-electron chi connectivity index (χ4n) is 2.66. The van der Waals surface area contributed by atoms with Crippen molar-refractivity contribution in [2.75, 3.05) is 6.61 Å². The summed E-state index contributed by atoms with van der Waals surface area (Å²) in [6, 6.07) is 0. The van der Waals surface area contributed by atoms with E-state index in [1.165, 1.54) is 0 Å². The number of hydrogen-bond acceptors (Lipinski definition) is 10. The minimum atomic E-state index is -4.04. The standard InChI is InChI=1S/C14H20O10S.As/c1-6(16)11(21,5-15)13(23,8(3)18)14(24,9(4)19)12(22,7(2)17)10(20)25;/h15,21-24H,5H2,1-4H3,(H,20,25);/t11-,12-,13+,14+;/m0./s1. The number of thiol groups is 1. The molecule has 0 heterocycles. The zero-order chi connectivity index (χ0) is 20.6. The van der Waals surface area contributed by atoms with Gasteiger partial charge in [-0.1, -0.05) is 0 Å². The Morgan fingerprint density at radius 1 is 0.731 bits per heavy atom. The predicted octanol–water partition coefficient (Wildman–Crippen LogP) is -3.67. The summed E-state index contributed by atoms with van der Waals surface area (Å²) in [6.45, 7) is 0.425. The van der Waals surface area contributed by atoms with E-state index in [-0.39, 0.29) is 18.0 Å². The predicted molar refractivity (Wildman–Crippen MR) is 89.4 cm³/mol. The second-order valence-electron chi connectivity index (χ2n) is 5.68. The monoisotopic (exact) mass is 455 g/mol. The molecule has 0 amide bonds. The van der Waals surface area contributed by atoms with E-state index in [1.807, 2.05) is 0 Å². The van der Waals surface area contributed by atoms with Crippen molar-refractivity contribution >= 4 is 58.8 Å². The molecule has 0 fully saturated rings. The van der Waals surface area contributed by atoms with Gasteiger partial charge in [-0.3, -0.25) is 24.0 Å². The van der Waals surface area contributed by atoms with Crippen LogP contribution in [0.5, 0.6) is 0 Å². The molecular weight excluding hydrogens is 435 g/mol. The van der Waals surface area contributed by atoms with Crippen LogP contribution in [0, 0.1) is 0 Å². The van der Waals surface area contributed by atoms with E-state index in [1.54, 1.807) is 0 Å². The molecule has 0 aliphatic rings. The Kier molecular flexibility index (Phi) is 8.80. The first-order valence-corrected chi connectivity index (χ1v) is 7.26. The molecule has 26 heavy (non-hydrogen) atoms. The summed E-state index contributed by atoms with van der Waals surface area (Å²) >= 11 is 3.21. The van der Waals surface area contributed by atoms with Crippen LogP contribution >= 0.6 is 12.6 Å². The van der Waals surface area contributed by atoms with E-state index in [2.05, 4.69) is 12.6 Å². The summed E-state index contributed by atoms with van der Waals surface area (Å²) in [4.78, 5) is 59.5. The van der Waals surface area contributed by atoms with E-state index < -0.39 is 57.3 Å². The van der Waals surface area contributed by atoms with Crippen molar-refractivity contribution in [3.05, 3.63) is 0 Å². The zero-order valence-corrected chi connectivity index (χ0v) is 17.1. The van der Waals surface area contributed by atoms with Gasteiger partial charge in [-0.2, -0.15) is 0 Å². The summed E-state index contributed by atoms with van der Waals surface area (Å²) in [5.41, 5.74) is -15.4. The molecule has 3 radical (unpaired) electrons. The zero-order valence-electron chi connectivity index (χ0n) is 14.4. The van der Waals surface area contributed by atoms with Gasteiger partial charge in [0.25, 0.3) is 0 Å². The first kappa shape index (κ1) is 27.3. The van der Waals surface area contributed by atoms with Crippen LogP contribution in [-0.4, -0.2) is 101 Å². The normalized spacial score (nSPS) is 20.2. The van der Waals surface area contributed by atoms with Gasteiger partial charge in [0.05, 0.1) is 6.61 Å². The molecule has 0 unspecified atom stereocenters. The third kappa shape index (κ3) is 3.22. The maximum Gasteiger partial charge on any atom is 0.230 e. The van der Waals surface area contributed by atoms with Gasteiger partial charge in [-0.05, 0) is 27.7 Å². The second-order valence-corrected chi connectivity index (χ2v) is 6.09. The number of rotatable bonds is 9. The number of carbonyl (C=O) groups excluding carboxylic acids is 5. The summed E-state index contributed by atoms with van der Waals surface area (Å²) in [6.07, 6.45) is 0. The Bertz CT molecular complexity index is 636. The van der Waals surface area contributed by atoms with E-state index in [0.717, 1.165) is 0 Å². The molecule has 0 aromatic rings. The van der Waals surface area contributed by atoms with Crippen molar-refractivity contribution in [1.82, 2.24) is 0 Å². The Hall–Kier alpha value is -0.942. The maximum absolute atomic E-state index is 12.1. The largest absolute Gasteiger partial charge is 0.393 e. The van der Waals surface area contributed by atoms with Crippen LogP contribution in [0.25, 0.3) is 0 Å². The molecule has 0 saturated carbocycles. The van der Waals surface area contributed by atoms with Crippen molar-refractivity contribution in [2.24, 2.45) is 0 Å². The fraction of sp³-hybridized carbons (Fsp3) is 0.643. The second kappa shape index (κ2) is 8.38. The Balaban J connectivity index is 0. The van der Waals surface area contributed by atoms with Crippen LogP contribution in [0.15, 0.2) is 0 Å². The number of hydrogen-bond donors (Lipinski definition) is 6. The molecule has 0 bridgehead atoms. The average Bonchev–Trinajstić information content (AvgIpc) is 2.49. The van der Waals surface area contributed by atoms with Gasteiger partial charge in [0.1, 0.15) is 0 Å². The van der Waals surface area contributed by atoms with Crippen LogP contribution in [0.3, 0.4) is 0 Å². The average molecular weight is 455 g/mol. The van der Waals surface area contributed by atoms with Crippen molar-refractivity contribution in [3.8, 4) is 0 Å². The van der Waals surface area contributed by atoms with Gasteiger partial charge in [0.2, 0.25) is 21.9 Å². The summed E-state index contributed by atoms with van der Waals surface area (Å²) in [5, 5.41) is 49.8. The molecular formula is C14H20AsO10S. The molecule has 4 atom stereocenters. The van der Waals surface area contributed by atoms with E-state index in [4.69, 9.17) is 0 Å². The molecule has 10 nitrogen and oxygen atoms in total. The summed E-state index contributed by atoms with van der Waals surface area (Å²) in [5.74, 6) is -6.52. The van der Waals surface area contributed by atoms with E-state index >= 15 is 0 Å². The Labute approximate surface area is 165 Å². The van der Waals surface area contributed by atoms with E-state index in [0.29, 0.717) is 27.7 Å². The smallest absolute Gasteiger partial charge is 0.230 e. The van der Waals surface area contributed by atoms with Gasteiger partial charge in [-0.25, -0.2) is 0 Å². The van der Waals surface area contributed by atoms with Crippen LogP contribution in [0.1, 0.15) is 27.7 Å². The third-order valence-corrected chi connectivity index (χ3v) is 4.62. The quantitative estimate of drug-likeness (QED) is 0.115. The first-order chi connectivity index (χ1) is 11.0. The minimum Gasteiger partial charge on any atom is -0.393 e. The van der Waals surface area contributed by atoms with Gasteiger partial charge in [-0.15, -0.1) is 12.6 Å². The van der Waals surface area contributed by atoms with Gasteiger partial charge in [0.15, 0.2) is 28.7 Å². The molecule has 0 spiro atoms. The minimum absolute atomic E-state index is 0. The molecule has 0 aromatic carbocycles. The molecule has 0 rings (SSSR count). The number of ketones is 4. The molecule has 12 heteroatoms. The molecule has 0 aliphatic heterocycles. The van der Waals surface area contributed by atoms with Crippen molar-refractivity contribution < 1.29 is 49.5 Å². The van der Waals surface area contributed by atoms with Crippen LogP contribution in [-0.2, 0) is 24.0 Å². The molecule has 147 valence electrons. The number of Topliss-reactive ketones (excluding diaryl/α,β-unsaturated/α-hetero) is 4. The van der Waals surface area contributed by atoms with E-state index in [9.17, 15) is 49.5 Å². The molecule has 0 aromatic heterocycles. The van der Waals surface area contributed by atoms with Crippen molar-refractivity contribution in [1.29, 1.82) is 0 Å². The Morgan fingerprint density at radius 3 is 1.23 bits per heavy atom. The third-order valence-electron chi connectivity index (χ3n) is 4.30. The SMILES string of the molecule is CC(=O)[C@](O)(C(=O)S)[C@](O)(C(C)=O)[C@@](O)(C(C)=O)[C@](O)(CO)C(C)=O.[As]. The first-order valence-electron chi connectivity index (χ1n) is 6.81. The van der Waals surface area contributed by atoms with Crippen LogP contribution in [0.4, 0.5) is 0 Å². The number of carbonyl (C=O) groups is 5. The number of aliphatic hydroxyl groups is 5. The van der Waals surface area contributed by atoms with Gasteiger partial charge >= 0.3 is 0 Å². The topological polar surface area (TPSA) is 186 Å².